The summed E-state index contributed by atoms with van der Waals surface area (Å²) in [6.07, 6.45) is 0.643. The van der Waals surface area contributed by atoms with E-state index >= 15 is 0 Å². The smallest absolute Gasteiger partial charge is 0.445 e. The molecule has 1 amide bonds. The van der Waals surface area contributed by atoms with Gasteiger partial charge in [0.25, 0.3) is 5.78 Å². The van der Waals surface area contributed by atoms with Crippen LogP contribution in [-0.2, 0) is 23.5 Å². The fourth-order valence-corrected chi connectivity index (χ4v) is 3.68. The lowest BCUT2D eigenvalue weighted by molar-refractivity contribution is -0.141. The molecule has 0 unspecified atom stereocenters. The van der Waals surface area contributed by atoms with Crippen LogP contribution in [0.5, 0.6) is 0 Å². The number of hydrogen-bond acceptors (Lipinski definition) is 5. The fraction of sp³-hybridized carbons (Fsp3) is 0.647. The minimum Gasteiger partial charge on any atom is -0.457 e. The highest BCUT2D eigenvalue weighted by atomic mass is 28.4. The molecule has 1 saturated heterocycles. The number of hydrogen-bond donors (Lipinski definition) is 1. The molecule has 8 nitrogen and oxygen atoms in total. The van der Waals surface area contributed by atoms with E-state index in [-0.39, 0.29) is 17.6 Å². The molecule has 0 aromatic heterocycles. The van der Waals surface area contributed by atoms with E-state index in [9.17, 15) is 14.4 Å². The first-order valence-electron chi connectivity index (χ1n) is 8.49. The van der Waals surface area contributed by atoms with E-state index in [4.69, 9.17) is 9.96 Å². The van der Waals surface area contributed by atoms with Gasteiger partial charge >= 0.3 is 11.7 Å². The summed E-state index contributed by atoms with van der Waals surface area (Å²) in [5, 5.41) is 2.50. The minimum atomic E-state index is -2.10. The zero-order valence-electron chi connectivity index (χ0n) is 16.4. The Hall–Kier alpha value is -2.09. The van der Waals surface area contributed by atoms with Crippen LogP contribution in [0.15, 0.2) is 11.8 Å². The molecule has 0 bridgehead atoms. The molecule has 0 saturated carbocycles. The number of nitrogens with one attached hydrogen (secondary N) is 1. The predicted octanol–water partition coefficient (Wildman–Crippen LogP) is 1.83. The van der Waals surface area contributed by atoms with Gasteiger partial charge in [0.05, 0.1) is 12.7 Å². The molecule has 0 aliphatic carbocycles. The second-order valence-electron chi connectivity index (χ2n) is 7.68. The second kappa shape index (κ2) is 8.07. The molecule has 2 atom stereocenters. The van der Waals surface area contributed by atoms with Crippen LogP contribution in [0.1, 0.15) is 34.6 Å². The number of ketones is 1. The lowest BCUT2D eigenvalue weighted by atomic mass is 9.90. The lowest BCUT2D eigenvalue weighted by Crippen LogP contribution is -2.55. The van der Waals surface area contributed by atoms with Gasteiger partial charge in [0.15, 0.2) is 8.32 Å². The van der Waals surface area contributed by atoms with E-state index in [0.717, 1.165) is 6.08 Å². The number of amides is 1. The van der Waals surface area contributed by atoms with E-state index in [1.807, 2.05) is 0 Å². The van der Waals surface area contributed by atoms with Crippen molar-refractivity contribution in [3.8, 4) is 0 Å². The van der Waals surface area contributed by atoms with Crippen LogP contribution in [0.4, 0.5) is 0 Å². The highest BCUT2D eigenvalue weighted by Crippen LogP contribution is 2.39. The van der Waals surface area contributed by atoms with Gasteiger partial charge in [0, 0.05) is 11.8 Å². The maximum absolute atomic E-state index is 12.2. The summed E-state index contributed by atoms with van der Waals surface area (Å²) >= 11 is 0. The van der Waals surface area contributed by atoms with Gasteiger partial charge in [-0.2, -0.15) is 4.79 Å². The number of carbonyl (C=O) groups excluding carboxylic acids is 3. The van der Waals surface area contributed by atoms with Crippen LogP contribution in [0.25, 0.3) is 5.53 Å². The Morgan fingerprint density at radius 2 is 1.96 bits per heavy atom. The largest absolute Gasteiger partial charge is 0.457 e. The third-order valence-corrected chi connectivity index (χ3v) is 9.30. The molecule has 0 aromatic rings. The summed E-state index contributed by atoms with van der Waals surface area (Å²) in [5.74, 6) is -2.75. The number of β-lactam (4-membered cyclic amide) rings is 1. The molecule has 144 valence electrons. The third-order valence-electron chi connectivity index (χ3n) is 4.73. The highest BCUT2D eigenvalue weighted by molar-refractivity contribution is 6.74. The topological polar surface area (TPSA) is 118 Å². The zero-order chi connectivity index (χ0) is 20.3. The normalized spacial score (nSPS) is 19.9. The first kappa shape index (κ1) is 21.9. The molecule has 1 N–H and O–H groups in total. The number of allylic oxidation sites excluding steroid dienone is 1. The van der Waals surface area contributed by atoms with Gasteiger partial charge in [-0.25, -0.2) is 4.79 Å². The average Bonchev–Trinajstić information content (AvgIpc) is 2.45. The van der Waals surface area contributed by atoms with E-state index in [1.165, 1.54) is 0 Å². The minimum absolute atomic E-state index is 0.0260. The van der Waals surface area contributed by atoms with Gasteiger partial charge in [-0.05, 0) is 32.0 Å². The summed E-state index contributed by atoms with van der Waals surface area (Å²) in [5.41, 5.74) is 8.49. The van der Waals surface area contributed by atoms with Crippen LogP contribution in [-0.4, -0.2) is 49.2 Å². The number of rotatable bonds is 7. The standard InChI is InChI=1S/C17H27N3O5Si/c1-8-24-16(23)14(20-18)12(21)9-11-13(15(22)19-11)10(2)25-26(6,7)17(3,4)5/h9-10,13H,8H2,1-7H3,(H,19,22)/b11-9-/t10-,13-/m1/s1. The first-order chi connectivity index (χ1) is 11.9. The van der Waals surface area contributed by atoms with E-state index in [2.05, 4.69) is 48.7 Å². The second-order valence-corrected chi connectivity index (χ2v) is 12.4. The average molecular weight is 382 g/mol. The van der Waals surface area contributed by atoms with Gasteiger partial charge < -0.3 is 20.0 Å². The molecule has 1 rings (SSSR count). The maximum atomic E-state index is 12.2. The highest BCUT2D eigenvalue weighted by Gasteiger charge is 2.45. The van der Waals surface area contributed by atoms with Crippen molar-refractivity contribution in [3.05, 3.63) is 17.3 Å². The molecular weight excluding hydrogens is 354 g/mol. The molecule has 1 aliphatic heterocycles. The fourth-order valence-electron chi connectivity index (χ4n) is 2.26. The van der Waals surface area contributed by atoms with Crippen LogP contribution in [0.3, 0.4) is 0 Å². The van der Waals surface area contributed by atoms with Crippen LogP contribution in [0, 0.1) is 5.92 Å². The first-order valence-corrected chi connectivity index (χ1v) is 11.4. The molecule has 1 heterocycles. The summed E-state index contributed by atoms with van der Waals surface area (Å²) in [6.45, 7) is 13.8. The summed E-state index contributed by atoms with van der Waals surface area (Å²) in [4.78, 5) is 38.5. The Morgan fingerprint density at radius 3 is 2.38 bits per heavy atom. The maximum Gasteiger partial charge on any atom is 0.445 e. The Labute approximate surface area is 154 Å². The van der Waals surface area contributed by atoms with Gasteiger partial charge in [0.1, 0.15) is 5.92 Å². The number of esters is 1. The van der Waals surface area contributed by atoms with Crippen molar-refractivity contribution in [2.24, 2.45) is 5.92 Å². The molecule has 0 aromatic carbocycles. The quantitative estimate of drug-likeness (QED) is 0.105. The van der Waals surface area contributed by atoms with Crippen molar-refractivity contribution in [1.82, 2.24) is 5.32 Å². The van der Waals surface area contributed by atoms with Gasteiger partial charge in [-0.1, -0.05) is 20.8 Å². The predicted molar refractivity (Wildman–Crippen MR) is 97.7 cm³/mol. The van der Waals surface area contributed by atoms with Crippen molar-refractivity contribution in [2.75, 3.05) is 6.61 Å². The Balaban J connectivity index is 2.97. The monoisotopic (exact) mass is 381 g/mol. The number of nitrogens with zero attached hydrogens (tertiary/aromatic N) is 2. The van der Waals surface area contributed by atoms with Crippen molar-refractivity contribution in [2.45, 2.75) is 58.9 Å². The number of carbonyl (C=O) groups is 3. The summed E-state index contributed by atoms with van der Waals surface area (Å²) in [6, 6.07) is 0. The van der Waals surface area contributed by atoms with E-state index in [1.54, 1.807) is 13.8 Å². The molecule has 1 fully saturated rings. The van der Waals surface area contributed by atoms with Gasteiger partial charge in [-0.15, -0.1) is 0 Å². The Kier molecular flexibility index (Phi) is 6.81. The molecule has 26 heavy (non-hydrogen) atoms. The van der Waals surface area contributed by atoms with Crippen LogP contribution in [0.2, 0.25) is 18.1 Å². The summed E-state index contributed by atoms with van der Waals surface area (Å²) < 4.78 is 10.9. The zero-order valence-corrected chi connectivity index (χ0v) is 17.4. The molecule has 1 aliphatic rings. The van der Waals surface area contributed by atoms with E-state index < -0.39 is 37.8 Å². The van der Waals surface area contributed by atoms with Crippen molar-refractivity contribution < 1.29 is 28.3 Å². The Morgan fingerprint density at radius 1 is 1.38 bits per heavy atom. The van der Waals surface area contributed by atoms with Gasteiger partial charge in [-0.3, -0.25) is 9.59 Å². The third kappa shape index (κ3) is 4.75. The summed E-state index contributed by atoms with van der Waals surface area (Å²) in [7, 11) is -2.10. The van der Waals surface area contributed by atoms with Crippen LogP contribution >= 0.6 is 0 Å². The van der Waals surface area contributed by atoms with Crippen molar-refractivity contribution in [1.29, 1.82) is 0 Å². The number of ether oxygens (including phenoxy) is 1. The molecular formula is C17H27N3O5Si. The lowest BCUT2D eigenvalue weighted by Gasteiger charge is -2.42. The molecule has 9 heteroatoms. The van der Waals surface area contributed by atoms with Gasteiger partial charge in [0.2, 0.25) is 5.91 Å². The van der Waals surface area contributed by atoms with Crippen LogP contribution < -0.4 is 5.32 Å². The molecule has 0 spiro atoms. The SMILES string of the molecule is CCOC(=O)C(=[N+]=[N-])C(=O)/C=C1\NC(=O)[C@@H]1[C@@H](C)O[Si](C)(C)C(C)(C)C. The Bertz CT molecular complexity index is 687. The van der Waals surface area contributed by atoms with Crippen molar-refractivity contribution in [3.63, 3.8) is 0 Å². The molecule has 0 radical (unpaired) electrons. The van der Waals surface area contributed by atoms with Crippen molar-refractivity contribution >= 4 is 31.7 Å². The van der Waals surface area contributed by atoms with E-state index in [0.29, 0.717) is 5.70 Å².